The number of nitrogens with two attached hydrogens (primary N) is 1. The van der Waals surface area contributed by atoms with Crippen molar-refractivity contribution in [2.75, 3.05) is 13.4 Å². The normalized spacial score (nSPS) is 14.3. The Morgan fingerprint density at radius 2 is 2.00 bits per heavy atom. The third-order valence-corrected chi connectivity index (χ3v) is 3.23. The molecule has 0 saturated carbocycles. The highest BCUT2D eigenvalue weighted by Gasteiger charge is 2.19. The summed E-state index contributed by atoms with van der Waals surface area (Å²) in [6.07, 6.45) is 0. The van der Waals surface area contributed by atoms with E-state index in [1.165, 1.54) is 0 Å². The molecule has 1 amide bonds. The van der Waals surface area contributed by atoms with Crippen LogP contribution in [-0.2, 0) is 11.3 Å². The number of rotatable bonds is 7. The lowest BCUT2D eigenvalue weighted by Crippen LogP contribution is -2.26. The predicted molar refractivity (Wildman–Crippen MR) is 78.4 cm³/mol. The van der Waals surface area contributed by atoms with Gasteiger partial charge in [-0.05, 0) is 6.07 Å². The largest absolute Gasteiger partial charge is 0.492 e. The third-order valence-electron chi connectivity index (χ3n) is 3.23. The average molecular weight is 294 g/mol. The van der Waals surface area contributed by atoms with E-state index in [2.05, 4.69) is 19.2 Å². The first-order valence-electron chi connectivity index (χ1n) is 7.05. The van der Waals surface area contributed by atoms with E-state index in [0.717, 1.165) is 5.56 Å². The topological polar surface area (TPSA) is 82.8 Å². The second-order valence-corrected chi connectivity index (χ2v) is 5.46. The van der Waals surface area contributed by atoms with Crippen LogP contribution in [0.2, 0.25) is 0 Å². The highest BCUT2D eigenvalue weighted by atomic mass is 16.7. The summed E-state index contributed by atoms with van der Waals surface area (Å²) in [5, 5.41) is 3.34. The van der Waals surface area contributed by atoms with Crippen LogP contribution in [0.25, 0.3) is 0 Å². The number of nitrogens with one attached hydrogen (secondary N) is 1. The molecule has 1 heterocycles. The molecule has 1 aromatic rings. The van der Waals surface area contributed by atoms with Gasteiger partial charge in [-0.15, -0.1) is 0 Å². The van der Waals surface area contributed by atoms with Crippen molar-refractivity contribution in [1.82, 2.24) is 5.32 Å². The Labute approximate surface area is 124 Å². The van der Waals surface area contributed by atoms with E-state index in [-0.39, 0.29) is 25.2 Å². The number of hydrogen-bond donors (Lipinski definition) is 2. The summed E-state index contributed by atoms with van der Waals surface area (Å²) in [6.45, 7) is 6.98. The summed E-state index contributed by atoms with van der Waals surface area (Å²) in [7, 11) is 0. The second-order valence-electron chi connectivity index (χ2n) is 5.46. The van der Waals surface area contributed by atoms with Crippen molar-refractivity contribution in [3.05, 3.63) is 17.7 Å². The SMILES string of the molecule is CC(C)NCc1cc2c(cc1OCC(C)C(N)=O)OCO2. The van der Waals surface area contributed by atoms with Crippen LogP contribution in [0.1, 0.15) is 26.3 Å². The van der Waals surface area contributed by atoms with E-state index in [9.17, 15) is 4.79 Å². The lowest BCUT2D eigenvalue weighted by Gasteiger charge is -2.16. The molecule has 0 radical (unpaired) electrons. The van der Waals surface area contributed by atoms with Crippen molar-refractivity contribution in [3.63, 3.8) is 0 Å². The molecule has 0 fully saturated rings. The molecule has 1 aliphatic rings. The summed E-state index contributed by atoms with van der Waals surface area (Å²) >= 11 is 0. The molecule has 116 valence electrons. The summed E-state index contributed by atoms with van der Waals surface area (Å²) in [5.41, 5.74) is 6.21. The monoisotopic (exact) mass is 294 g/mol. The van der Waals surface area contributed by atoms with Gasteiger partial charge in [0.25, 0.3) is 0 Å². The highest BCUT2D eigenvalue weighted by Crippen LogP contribution is 2.38. The van der Waals surface area contributed by atoms with Gasteiger partial charge < -0.3 is 25.3 Å². The number of ether oxygens (including phenoxy) is 3. The van der Waals surface area contributed by atoms with Gasteiger partial charge in [-0.1, -0.05) is 20.8 Å². The zero-order valence-corrected chi connectivity index (χ0v) is 12.6. The molecule has 6 heteroatoms. The Balaban J connectivity index is 2.14. The number of primary amides is 1. The van der Waals surface area contributed by atoms with Crippen LogP contribution in [0.3, 0.4) is 0 Å². The van der Waals surface area contributed by atoms with Gasteiger partial charge in [-0.3, -0.25) is 4.79 Å². The van der Waals surface area contributed by atoms with Gasteiger partial charge in [0.15, 0.2) is 11.5 Å². The van der Waals surface area contributed by atoms with E-state index in [0.29, 0.717) is 29.8 Å². The van der Waals surface area contributed by atoms with Gasteiger partial charge in [0.1, 0.15) is 5.75 Å². The molecule has 1 unspecified atom stereocenters. The first-order chi connectivity index (χ1) is 9.97. The number of fused-ring (bicyclic) bond motifs is 1. The predicted octanol–water partition coefficient (Wildman–Crippen LogP) is 1.41. The van der Waals surface area contributed by atoms with Crippen LogP contribution in [0.5, 0.6) is 17.2 Å². The molecule has 1 atom stereocenters. The van der Waals surface area contributed by atoms with Crippen molar-refractivity contribution in [3.8, 4) is 17.2 Å². The van der Waals surface area contributed by atoms with Crippen molar-refractivity contribution in [1.29, 1.82) is 0 Å². The molecule has 21 heavy (non-hydrogen) atoms. The molecule has 0 saturated heterocycles. The Morgan fingerprint density at radius 1 is 1.33 bits per heavy atom. The van der Waals surface area contributed by atoms with Gasteiger partial charge in [0.05, 0.1) is 12.5 Å². The van der Waals surface area contributed by atoms with E-state index < -0.39 is 0 Å². The Bertz CT molecular complexity index is 517. The Kier molecular flexibility index (Phi) is 4.90. The number of hydrogen-bond acceptors (Lipinski definition) is 5. The summed E-state index contributed by atoms with van der Waals surface area (Å²) in [4.78, 5) is 11.1. The number of benzene rings is 1. The molecule has 6 nitrogen and oxygen atoms in total. The molecule has 0 spiro atoms. The fraction of sp³-hybridized carbons (Fsp3) is 0.533. The van der Waals surface area contributed by atoms with Crippen LogP contribution in [0, 0.1) is 5.92 Å². The highest BCUT2D eigenvalue weighted by molar-refractivity contribution is 5.76. The first-order valence-corrected chi connectivity index (χ1v) is 7.05. The summed E-state index contributed by atoms with van der Waals surface area (Å²) in [5.74, 6) is 1.33. The van der Waals surface area contributed by atoms with E-state index >= 15 is 0 Å². The number of carbonyl (C=O) groups is 1. The van der Waals surface area contributed by atoms with Crippen LogP contribution in [-0.4, -0.2) is 25.3 Å². The molecule has 0 aromatic heterocycles. The zero-order valence-electron chi connectivity index (χ0n) is 12.6. The maximum absolute atomic E-state index is 11.1. The van der Waals surface area contributed by atoms with E-state index in [1.54, 1.807) is 13.0 Å². The molecule has 0 bridgehead atoms. The van der Waals surface area contributed by atoms with Gasteiger partial charge in [0, 0.05) is 24.2 Å². The van der Waals surface area contributed by atoms with E-state index in [1.807, 2.05) is 6.07 Å². The molecule has 3 N–H and O–H groups in total. The van der Waals surface area contributed by atoms with Crippen LogP contribution in [0.4, 0.5) is 0 Å². The Hall–Kier alpha value is -1.95. The van der Waals surface area contributed by atoms with Gasteiger partial charge in [0.2, 0.25) is 12.7 Å². The van der Waals surface area contributed by atoms with Crippen molar-refractivity contribution in [2.45, 2.75) is 33.4 Å². The minimum absolute atomic E-state index is 0.216. The number of carbonyl (C=O) groups excluding carboxylic acids is 1. The maximum atomic E-state index is 11.1. The molecule has 2 rings (SSSR count). The zero-order chi connectivity index (χ0) is 15.4. The number of amides is 1. The molecule has 1 aromatic carbocycles. The second kappa shape index (κ2) is 6.67. The quantitative estimate of drug-likeness (QED) is 0.794. The standard InChI is InChI=1S/C15H22N2O4/c1-9(2)17-6-11-4-13-14(21-8-20-13)5-12(11)19-7-10(3)15(16)18/h4-5,9-10,17H,6-8H2,1-3H3,(H2,16,18). The maximum Gasteiger partial charge on any atom is 0.231 e. The lowest BCUT2D eigenvalue weighted by atomic mass is 10.1. The third kappa shape index (κ3) is 4.01. The average Bonchev–Trinajstić information content (AvgIpc) is 2.88. The van der Waals surface area contributed by atoms with E-state index in [4.69, 9.17) is 19.9 Å². The van der Waals surface area contributed by atoms with Crippen LogP contribution < -0.4 is 25.3 Å². The molecule has 1 aliphatic heterocycles. The van der Waals surface area contributed by atoms with Gasteiger partial charge in [-0.2, -0.15) is 0 Å². The Morgan fingerprint density at radius 3 is 2.62 bits per heavy atom. The van der Waals surface area contributed by atoms with Crippen molar-refractivity contribution >= 4 is 5.91 Å². The lowest BCUT2D eigenvalue weighted by molar-refractivity contribution is -0.122. The molecule has 0 aliphatic carbocycles. The van der Waals surface area contributed by atoms with Gasteiger partial charge in [-0.25, -0.2) is 0 Å². The first kappa shape index (κ1) is 15.4. The molecular formula is C15H22N2O4. The fourth-order valence-electron chi connectivity index (χ4n) is 1.85. The van der Waals surface area contributed by atoms with Crippen molar-refractivity contribution < 1.29 is 19.0 Å². The van der Waals surface area contributed by atoms with Crippen molar-refractivity contribution in [2.24, 2.45) is 11.7 Å². The molecular weight excluding hydrogens is 272 g/mol. The fourth-order valence-corrected chi connectivity index (χ4v) is 1.85. The summed E-state index contributed by atoms with van der Waals surface area (Å²) in [6, 6.07) is 4.06. The van der Waals surface area contributed by atoms with Gasteiger partial charge >= 0.3 is 0 Å². The van der Waals surface area contributed by atoms with Crippen LogP contribution in [0.15, 0.2) is 12.1 Å². The summed E-state index contributed by atoms with van der Waals surface area (Å²) < 4.78 is 16.5. The van der Waals surface area contributed by atoms with Crippen LogP contribution >= 0.6 is 0 Å². The minimum atomic E-state index is -0.377. The minimum Gasteiger partial charge on any atom is -0.492 e. The smallest absolute Gasteiger partial charge is 0.231 e.